The van der Waals surface area contributed by atoms with Crippen LogP contribution in [0.4, 0.5) is 0 Å². The zero-order valence-electron chi connectivity index (χ0n) is 32.5. The Morgan fingerprint density at radius 3 is 2.35 bits per heavy atom. The third kappa shape index (κ3) is 7.37. The number of ether oxygens (including phenoxy) is 1. The monoisotopic (exact) mass is 692 g/mol. The van der Waals surface area contributed by atoms with Gasteiger partial charge in [-0.15, -0.1) is 0 Å². The fourth-order valence-corrected chi connectivity index (χ4v) is 7.60. The molecule has 1 aliphatic carbocycles. The highest BCUT2D eigenvalue weighted by Crippen LogP contribution is 2.46. The van der Waals surface area contributed by atoms with Gasteiger partial charge in [0.2, 0.25) is 0 Å². The first-order valence-electron chi connectivity index (χ1n) is 18.4. The number of rotatable bonds is 10. The number of allylic oxidation sites excluding steroid dienone is 12. The van der Waals surface area contributed by atoms with Crippen molar-refractivity contribution in [2.75, 3.05) is 62.0 Å². The molecular weight excluding hydrogens is 637 g/mol. The van der Waals surface area contributed by atoms with Gasteiger partial charge in [-0.3, -0.25) is 4.79 Å². The maximum absolute atomic E-state index is 13.0. The zero-order valence-corrected chi connectivity index (χ0v) is 32.5. The van der Waals surface area contributed by atoms with Crippen molar-refractivity contribution in [3.8, 4) is 0 Å². The molecule has 6 rings (SSSR count). The van der Waals surface area contributed by atoms with Gasteiger partial charge < -0.3 is 24.1 Å². The normalized spacial score (nSPS) is 23.4. The van der Waals surface area contributed by atoms with Crippen LogP contribution < -0.4 is 5.32 Å². The van der Waals surface area contributed by atoms with Crippen LogP contribution in [0.25, 0.3) is 0 Å². The number of aliphatic imine (C=N–C) groups is 3. The number of hydrogen-bond acceptors (Lipinski definition) is 7. The van der Waals surface area contributed by atoms with Gasteiger partial charge in [-0.1, -0.05) is 19.9 Å². The molecule has 1 saturated heterocycles. The third-order valence-corrected chi connectivity index (χ3v) is 10.7. The van der Waals surface area contributed by atoms with Crippen molar-refractivity contribution in [3.05, 3.63) is 104 Å². The number of carbonyl (C=O) groups excluding carboxylic acids is 1. The van der Waals surface area contributed by atoms with Crippen molar-refractivity contribution in [1.29, 1.82) is 0 Å². The Hall–Kier alpha value is -4.34. The minimum atomic E-state index is -0.182. The summed E-state index contributed by atoms with van der Waals surface area (Å²) in [6.45, 7) is 12.8. The molecule has 5 aliphatic heterocycles. The standard InChI is InChI=1S/C42H55N6O3/c1-12-28-24(2)33-22-37-29(14-13-17-47(6,7)8)25(3)32(44-37)21-34-26(4)30(15-16-39(50)51-19-18-48(9,10)11)41(45-34)31-20-38(49)40-27(5)35(46-42(31)40)23-36(28)43-33/h13-14,21-23,26,30H,12,15-20H2,1-11H3,(H-,43,44,45,46,49)/q+1/p+1/b14-13+/t26-,30-/m0/s1. The number of nitrogens with one attached hydrogen (secondary N) is 1. The van der Waals surface area contributed by atoms with E-state index >= 15 is 0 Å². The van der Waals surface area contributed by atoms with E-state index in [0.29, 0.717) is 31.6 Å². The van der Waals surface area contributed by atoms with Crippen molar-refractivity contribution < 1.29 is 23.6 Å². The van der Waals surface area contributed by atoms with Crippen molar-refractivity contribution in [1.82, 2.24) is 5.32 Å². The molecule has 9 heteroatoms. The molecule has 51 heavy (non-hydrogen) atoms. The first-order valence-corrected chi connectivity index (χ1v) is 18.4. The lowest BCUT2D eigenvalue weighted by Gasteiger charge is -2.23. The van der Waals surface area contributed by atoms with Crippen LogP contribution in [0.2, 0.25) is 0 Å². The first-order chi connectivity index (χ1) is 24.0. The van der Waals surface area contributed by atoms with Gasteiger partial charge in [0.25, 0.3) is 0 Å². The summed E-state index contributed by atoms with van der Waals surface area (Å²) in [5, 5.41) is 15.2. The fourth-order valence-electron chi connectivity index (χ4n) is 7.60. The number of nitrogens with zero attached hydrogens (tertiary/aromatic N) is 5. The molecule has 0 saturated carbocycles. The highest BCUT2D eigenvalue weighted by Gasteiger charge is 2.41. The average molecular weight is 693 g/mol. The van der Waals surface area contributed by atoms with Crippen LogP contribution in [0.1, 0.15) is 60.3 Å². The second kappa shape index (κ2) is 13.7. The Morgan fingerprint density at radius 2 is 1.67 bits per heavy atom. The largest absolute Gasteiger partial charge is 0.511 e. The van der Waals surface area contributed by atoms with Crippen molar-refractivity contribution in [2.24, 2.45) is 26.8 Å². The lowest BCUT2D eigenvalue weighted by Crippen LogP contribution is -2.38. The zero-order chi connectivity index (χ0) is 37.0. The van der Waals surface area contributed by atoms with Gasteiger partial charge in [-0.05, 0) is 80.2 Å². The number of fused-ring (bicyclic) bond motifs is 5. The van der Waals surface area contributed by atoms with Gasteiger partial charge >= 0.3 is 5.97 Å². The van der Waals surface area contributed by atoms with Crippen LogP contribution >= 0.6 is 0 Å². The van der Waals surface area contributed by atoms with Gasteiger partial charge in [0.1, 0.15) is 18.9 Å². The van der Waals surface area contributed by atoms with Crippen LogP contribution in [0.3, 0.4) is 0 Å². The topological polar surface area (TPSA) is 95.6 Å². The fraction of sp³-hybridized carbons (Fsp3) is 0.476. The molecule has 2 N–H and O–H groups in total. The number of aliphatic hydroxyl groups is 1. The number of hydrogen-bond donors (Lipinski definition) is 2. The van der Waals surface area contributed by atoms with E-state index in [9.17, 15) is 9.90 Å². The predicted octanol–water partition coefficient (Wildman–Crippen LogP) is 6.95. The van der Waals surface area contributed by atoms with E-state index in [-0.39, 0.29) is 17.8 Å². The van der Waals surface area contributed by atoms with Crippen LogP contribution in [0.15, 0.2) is 119 Å². The van der Waals surface area contributed by atoms with Gasteiger partial charge in [-0.25, -0.2) is 15.0 Å². The molecule has 0 aromatic heterocycles. The summed E-state index contributed by atoms with van der Waals surface area (Å²) in [5.74, 6) is 0.237. The molecule has 0 aromatic carbocycles. The second-order valence-corrected chi connectivity index (χ2v) is 16.7. The van der Waals surface area contributed by atoms with Gasteiger partial charge in [0.15, 0.2) is 0 Å². The quantitative estimate of drug-likeness (QED) is 0.191. The summed E-state index contributed by atoms with van der Waals surface area (Å²) >= 11 is 0. The molecule has 1 fully saturated rings. The summed E-state index contributed by atoms with van der Waals surface area (Å²) in [4.78, 5) is 28.6. The molecular formula is C42H56N6O3+2. The molecule has 5 heterocycles. The van der Waals surface area contributed by atoms with E-state index in [1.54, 1.807) is 0 Å². The predicted molar refractivity (Wildman–Crippen MR) is 207 cm³/mol. The molecule has 2 atom stereocenters. The Labute approximate surface area is 304 Å². The highest BCUT2D eigenvalue weighted by atomic mass is 16.5. The molecule has 0 radical (unpaired) electrons. The number of aliphatic hydroxyl groups excluding tert-OH is 1. The van der Waals surface area contributed by atoms with Crippen LogP contribution in [-0.4, -0.2) is 99.2 Å². The summed E-state index contributed by atoms with van der Waals surface area (Å²) in [7, 11) is 12.8. The molecule has 8 bridgehead atoms. The molecule has 6 aliphatic rings. The number of carbonyl (C=O) groups is 1. The molecule has 270 valence electrons. The number of likely N-dealkylation sites (N-methyl/N-ethyl adjacent to an activating group) is 2. The molecule has 0 spiro atoms. The summed E-state index contributed by atoms with van der Waals surface area (Å²) < 4.78 is 7.23. The van der Waals surface area contributed by atoms with Crippen molar-refractivity contribution in [2.45, 2.75) is 60.3 Å². The maximum atomic E-state index is 13.0. The van der Waals surface area contributed by atoms with Gasteiger partial charge in [0, 0.05) is 52.8 Å². The van der Waals surface area contributed by atoms with Crippen LogP contribution in [0, 0.1) is 11.8 Å². The van der Waals surface area contributed by atoms with Crippen LogP contribution in [-0.2, 0) is 9.53 Å². The average Bonchev–Trinajstić information content (AvgIpc) is 3.78. The van der Waals surface area contributed by atoms with Crippen LogP contribution in [0.5, 0.6) is 0 Å². The first kappa shape index (κ1) is 36.5. The van der Waals surface area contributed by atoms with Crippen molar-refractivity contribution in [3.63, 3.8) is 0 Å². The Kier molecular flexibility index (Phi) is 9.76. The maximum Gasteiger partial charge on any atom is 0.306 e. The second-order valence-electron chi connectivity index (χ2n) is 16.7. The van der Waals surface area contributed by atoms with E-state index in [1.807, 2.05) is 6.92 Å². The smallest absolute Gasteiger partial charge is 0.306 e. The van der Waals surface area contributed by atoms with E-state index < -0.39 is 0 Å². The number of esters is 1. The van der Waals surface area contributed by atoms with E-state index in [1.165, 1.54) is 5.57 Å². The van der Waals surface area contributed by atoms with Gasteiger partial charge in [-0.2, -0.15) is 0 Å². The molecule has 0 amide bonds. The summed E-state index contributed by atoms with van der Waals surface area (Å²) in [6.07, 6.45) is 13.0. The third-order valence-electron chi connectivity index (χ3n) is 10.7. The molecule has 0 unspecified atom stereocenters. The summed E-state index contributed by atoms with van der Waals surface area (Å²) in [6, 6.07) is 0. The van der Waals surface area contributed by atoms with E-state index in [0.717, 1.165) is 108 Å². The lowest BCUT2D eigenvalue weighted by molar-refractivity contribution is -0.870. The van der Waals surface area contributed by atoms with E-state index in [4.69, 9.17) is 19.7 Å². The minimum Gasteiger partial charge on any atom is -0.511 e. The summed E-state index contributed by atoms with van der Waals surface area (Å²) in [5.41, 5.74) is 14.7. The van der Waals surface area contributed by atoms with Gasteiger partial charge in [0.05, 0.1) is 83.1 Å². The van der Waals surface area contributed by atoms with E-state index in [2.05, 4.69) is 106 Å². The SMILES string of the molecule is CCC1=C(C)C2=NC1=CC1=C(C)C3=C(O)CC(=C4NC(=CC5=NC(=C2)C(/C=C/C[N+](C)(C)C)=C5C)[C@@H](C)[C@@H]4CCC(=O)OCC[N+](C)(C)C)C3=N1. The van der Waals surface area contributed by atoms with Crippen molar-refractivity contribution >= 4 is 23.1 Å². The highest BCUT2D eigenvalue weighted by molar-refractivity contribution is 6.21. The molecule has 0 aromatic rings. The number of quaternary nitrogens is 2. The minimum absolute atomic E-state index is 0.00880. The Morgan fingerprint density at radius 1 is 0.961 bits per heavy atom. The lowest BCUT2D eigenvalue weighted by atomic mass is 9.86. The molecule has 9 nitrogen and oxygen atoms in total. The Balaban J connectivity index is 1.47. The Bertz CT molecular complexity index is 1950.